The van der Waals surface area contributed by atoms with Crippen LogP contribution in [0.1, 0.15) is 140 Å². The summed E-state index contributed by atoms with van der Waals surface area (Å²) in [7, 11) is 0. The molecule has 0 saturated carbocycles. The molecule has 6 aromatic carbocycles. The van der Waals surface area contributed by atoms with Gasteiger partial charge in [0.05, 0.1) is 37.3 Å². The first-order valence-corrected chi connectivity index (χ1v) is 30.8. The lowest BCUT2D eigenvalue weighted by atomic mass is 9.78. The molecule has 1 heterocycles. The summed E-state index contributed by atoms with van der Waals surface area (Å²) in [5, 5.41) is 12.3. The Labute approximate surface area is 531 Å². The van der Waals surface area contributed by atoms with E-state index < -0.39 is 41.0 Å². The number of hydroxylamine groups is 2. The summed E-state index contributed by atoms with van der Waals surface area (Å²) in [6.07, 6.45) is 1.56. The van der Waals surface area contributed by atoms with Gasteiger partial charge < -0.3 is 45.2 Å². The Morgan fingerprint density at radius 2 is 0.789 bits per heavy atom. The number of carbonyl (C=O) groups excluding carboxylic acids is 8. The number of primary amides is 1. The summed E-state index contributed by atoms with van der Waals surface area (Å²) in [5.74, 6) is -2.65. The van der Waals surface area contributed by atoms with Crippen molar-refractivity contribution in [2.45, 2.75) is 136 Å². The van der Waals surface area contributed by atoms with Crippen molar-refractivity contribution >= 4 is 47.8 Å². The number of hydrogen-bond acceptors (Lipinski definition) is 10. The minimum Gasteiger partial charge on any atom is -0.368 e. The smallest absolute Gasteiger partial charge is 0.243 e. The van der Waals surface area contributed by atoms with E-state index >= 15 is 0 Å². The fraction of sp³-hybridized carbons (Fsp3) is 0.389. The lowest BCUT2D eigenvalue weighted by molar-refractivity contribution is -0.251. The van der Waals surface area contributed by atoms with E-state index in [-0.39, 0.29) is 94.0 Å². The Bertz CT molecular complexity index is 3270. The number of nitrogens with zero attached hydrogens (tertiary/aromatic N) is 8. The lowest BCUT2D eigenvalue weighted by Gasteiger charge is -2.53. The van der Waals surface area contributed by atoms with E-state index in [1.54, 1.807) is 14.7 Å². The average molecular weight is 1230 g/mol. The summed E-state index contributed by atoms with van der Waals surface area (Å²) in [6, 6.07) is 54.9. The highest BCUT2D eigenvalue weighted by Gasteiger charge is 2.48. The van der Waals surface area contributed by atoms with Gasteiger partial charge >= 0.3 is 0 Å². The Morgan fingerprint density at radius 1 is 0.478 bits per heavy atom. The van der Waals surface area contributed by atoms with Crippen molar-refractivity contribution in [3.63, 3.8) is 0 Å². The van der Waals surface area contributed by atoms with Crippen LogP contribution in [0.3, 0.4) is 0 Å². The Balaban J connectivity index is 0.000000305. The summed E-state index contributed by atoms with van der Waals surface area (Å²) >= 11 is 0. The van der Waals surface area contributed by atoms with Gasteiger partial charge in [-0.3, -0.25) is 38.4 Å². The van der Waals surface area contributed by atoms with E-state index in [2.05, 4.69) is 0 Å². The molecule has 6 aromatic rings. The van der Waals surface area contributed by atoms with E-state index in [0.29, 0.717) is 25.8 Å². The first kappa shape index (κ1) is 70.1. The van der Waals surface area contributed by atoms with E-state index in [1.165, 1.54) is 31.6 Å². The van der Waals surface area contributed by atoms with Crippen LogP contribution >= 0.6 is 0 Å². The van der Waals surface area contributed by atoms with Crippen LogP contribution in [-0.4, -0.2) is 155 Å². The summed E-state index contributed by atoms with van der Waals surface area (Å²) < 4.78 is 0. The molecule has 18 heteroatoms. The van der Waals surface area contributed by atoms with E-state index in [1.807, 2.05) is 244 Å². The zero-order valence-corrected chi connectivity index (χ0v) is 53.9. The van der Waals surface area contributed by atoms with Crippen LogP contribution < -0.4 is 5.73 Å². The number of likely N-dealkylation sites (N-methyl/N-ethyl adjacent to an activating group) is 1. The van der Waals surface area contributed by atoms with E-state index in [4.69, 9.17) is 5.73 Å². The minimum atomic E-state index is -0.645. The molecule has 3 unspecified atom stereocenters. The molecule has 1 fully saturated rings. The molecule has 478 valence electrons. The van der Waals surface area contributed by atoms with Gasteiger partial charge in [0.15, 0.2) is 0 Å². The third-order valence-corrected chi connectivity index (χ3v) is 16.9. The molecule has 0 aromatic heterocycles. The standard InChI is InChI=1S/C43H59N5O5.C29H32N4O4/c1-10-44(31(2)35-20-14-11-15-21-35)39(50)28-45(32(3)36-22-16-12-17-23-36)40(51)29-46(33(4)37-24-18-13-19-25-37)41(52)30-47(34(5)49)38-26-42(6,7)48(53)43(8,9)27-38;1-23(26-15-9-4-10-16-26)33(29(37)20-31(22-34)17-24-11-5-2-6-12-24)21-28(36)32(19-27(30)35)18-25-13-7-3-8-14-25/h11-25,31-33,38,53H,10,26-30H2,1-9H3;2-16,22-23H,17-21H2,1H3,(H2,30,35)/t31?,32-,33?;/m0./s1. The van der Waals surface area contributed by atoms with Crippen LogP contribution in [0.2, 0.25) is 0 Å². The Kier molecular flexibility index (Phi) is 25.7. The van der Waals surface area contributed by atoms with Crippen LogP contribution in [0, 0.1) is 0 Å². The monoisotopic (exact) mass is 1230 g/mol. The number of benzene rings is 6. The van der Waals surface area contributed by atoms with Gasteiger partial charge in [-0.2, -0.15) is 5.06 Å². The Morgan fingerprint density at radius 3 is 1.13 bits per heavy atom. The Hall–Kier alpha value is -9.00. The van der Waals surface area contributed by atoms with Gasteiger partial charge in [-0.05, 0) is 109 Å². The first-order valence-electron chi connectivity index (χ1n) is 30.8. The highest BCUT2D eigenvalue weighted by molar-refractivity contribution is 5.91. The molecule has 0 radical (unpaired) electrons. The van der Waals surface area contributed by atoms with Crippen LogP contribution in [0.15, 0.2) is 182 Å². The fourth-order valence-corrected chi connectivity index (χ4v) is 12.0. The van der Waals surface area contributed by atoms with Crippen molar-refractivity contribution in [2.24, 2.45) is 5.73 Å². The van der Waals surface area contributed by atoms with Crippen LogP contribution in [0.4, 0.5) is 0 Å². The average Bonchev–Trinajstić information content (AvgIpc) is 0.826. The number of rotatable bonds is 27. The molecule has 0 spiro atoms. The maximum absolute atomic E-state index is 14.7. The second kappa shape index (κ2) is 33.0. The second-order valence-electron chi connectivity index (χ2n) is 24.4. The molecule has 1 aliphatic heterocycles. The van der Waals surface area contributed by atoms with Gasteiger partial charge in [-0.15, -0.1) is 0 Å². The number of amides is 8. The molecule has 4 atom stereocenters. The van der Waals surface area contributed by atoms with E-state index in [9.17, 15) is 43.6 Å². The highest BCUT2D eigenvalue weighted by atomic mass is 16.5. The number of piperidine rings is 1. The second-order valence-corrected chi connectivity index (χ2v) is 24.4. The number of nitrogens with two attached hydrogens (primary N) is 1. The quantitative estimate of drug-likeness (QED) is 0.0467. The molecule has 0 bridgehead atoms. The minimum absolute atomic E-state index is 0.175. The van der Waals surface area contributed by atoms with Crippen molar-refractivity contribution < 1.29 is 43.6 Å². The van der Waals surface area contributed by atoms with E-state index in [0.717, 1.165) is 33.4 Å². The zero-order chi connectivity index (χ0) is 65.7. The number of hydrogen-bond donors (Lipinski definition) is 2. The van der Waals surface area contributed by atoms with Crippen molar-refractivity contribution in [1.29, 1.82) is 0 Å². The fourth-order valence-electron chi connectivity index (χ4n) is 12.0. The van der Waals surface area contributed by atoms with Gasteiger partial charge in [0.2, 0.25) is 47.8 Å². The van der Waals surface area contributed by atoms with Crippen LogP contribution in [-0.2, 0) is 51.4 Å². The SMILES string of the molecule is CC(c1ccccc1)N(CC(=O)N(CC(N)=O)Cc1ccccc1)C(=O)CN(C=O)Cc1ccccc1.CCN(C(=O)CN(C(=O)CN(C(=O)CN(C(C)=O)C1CC(C)(C)N(O)C(C)(C)C1)C(C)c1ccccc1)[C@@H](C)c1ccccc1)C(C)c1ccccc1. The molecular weight excluding hydrogens is 1130 g/mol. The summed E-state index contributed by atoms with van der Waals surface area (Å²) in [5.41, 5.74) is 9.41. The third-order valence-electron chi connectivity index (χ3n) is 16.9. The molecule has 8 amide bonds. The first-order chi connectivity index (χ1) is 42.8. The van der Waals surface area contributed by atoms with Crippen molar-refractivity contribution in [2.75, 3.05) is 45.8 Å². The molecule has 7 rings (SSSR count). The molecule has 1 saturated heterocycles. The van der Waals surface area contributed by atoms with Crippen LogP contribution in [0.25, 0.3) is 0 Å². The normalized spacial score (nSPS) is 14.8. The largest absolute Gasteiger partial charge is 0.368 e. The molecule has 18 nitrogen and oxygen atoms in total. The predicted molar refractivity (Wildman–Crippen MR) is 348 cm³/mol. The van der Waals surface area contributed by atoms with Gasteiger partial charge in [0.1, 0.15) is 26.2 Å². The molecule has 1 aliphatic rings. The molecular formula is C72H91N9O9. The summed E-state index contributed by atoms with van der Waals surface area (Å²) in [6.45, 7) is 18.1. The van der Waals surface area contributed by atoms with Gasteiger partial charge in [-0.25, -0.2) is 0 Å². The summed E-state index contributed by atoms with van der Waals surface area (Å²) in [4.78, 5) is 118. The third kappa shape index (κ3) is 19.5. The van der Waals surface area contributed by atoms with Gasteiger partial charge in [0, 0.05) is 43.7 Å². The van der Waals surface area contributed by atoms with Crippen molar-refractivity contribution in [1.82, 2.24) is 39.4 Å². The van der Waals surface area contributed by atoms with Gasteiger partial charge in [0.25, 0.3) is 0 Å². The topological polar surface area (TPSA) is 209 Å². The molecule has 90 heavy (non-hydrogen) atoms. The zero-order valence-electron chi connectivity index (χ0n) is 53.9. The number of carbonyl (C=O) groups is 8. The predicted octanol–water partition coefficient (Wildman–Crippen LogP) is 9.78. The van der Waals surface area contributed by atoms with Crippen molar-refractivity contribution in [3.05, 3.63) is 215 Å². The molecule has 3 N–H and O–H groups in total. The maximum atomic E-state index is 14.7. The van der Waals surface area contributed by atoms with Crippen molar-refractivity contribution in [3.8, 4) is 0 Å². The maximum Gasteiger partial charge on any atom is 0.243 e. The highest BCUT2D eigenvalue weighted by Crippen LogP contribution is 2.39. The van der Waals surface area contributed by atoms with Crippen LogP contribution in [0.5, 0.6) is 0 Å². The lowest BCUT2D eigenvalue weighted by Crippen LogP contribution is -2.64. The van der Waals surface area contributed by atoms with Gasteiger partial charge in [-0.1, -0.05) is 182 Å². The molecule has 0 aliphatic carbocycles.